The molecule has 3 aromatic rings. The maximum absolute atomic E-state index is 14.1. The van der Waals surface area contributed by atoms with Crippen LogP contribution in [0.4, 0.5) is 10.2 Å². The first-order chi connectivity index (χ1) is 12.0. The highest BCUT2D eigenvalue weighted by atomic mass is 19.1. The number of halogens is 1. The first-order valence-corrected chi connectivity index (χ1v) is 8.08. The van der Waals surface area contributed by atoms with Gasteiger partial charge in [0.05, 0.1) is 12.2 Å². The summed E-state index contributed by atoms with van der Waals surface area (Å²) in [5, 5.41) is 4.69. The number of nitrogen functional groups attached to an aromatic ring is 1. The van der Waals surface area contributed by atoms with Gasteiger partial charge in [0, 0.05) is 22.7 Å². The standard InChI is InChI=1S/C19H18FN5/c1-19(2)9-7-14-16(19)17(18-22-10-8-15(21)23-18)24-25(14)11-12-5-3-4-6-13(12)20/h3-10H,11H2,1-2H3,(H2,21,22,23). The average molecular weight is 335 g/mol. The first kappa shape index (κ1) is 15.5. The highest BCUT2D eigenvalue weighted by Gasteiger charge is 2.34. The van der Waals surface area contributed by atoms with Crippen molar-refractivity contribution in [3.05, 3.63) is 65.2 Å². The second kappa shape index (κ2) is 5.51. The quantitative estimate of drug-likeness (QED) is 0.796. The van der Waals surface area contributed by atoms with E-state index in [0.717, 1.165) is 11.3 Å². The van der Waals surface area contributed by atoms with Crippen molar-refractivity contribution in [3.63, 3.8) is 0 Å². The molecule has 0 atom stereocenters. The number of hydrogen-bond acceptors (Lipinski definition) is 4. The summed E-state index contributed by atoms with van der Waals surface area (Å²) in [7, 11) is 0. The van der Waals surface area contributed by atoms with Crippen LogP contribution in [0.15, 0.2) is 42.6 Å². The lowest BCUT2D eigenvalue weighted by atomic mass is 9.87. The van der Waals surface area contributed by atoms with Crippen LogP contribution in [-0.2, 0) is 12.0 Å². The minimum absolute atomic E-state index is 0.202. The van der Waals surface area contributed by atoms with Crippen LogP contribution in [0.2, 0.25) is 0 Å². The smallest absolute Gasteiger partial charge is 0.182 e. The molecule has 1 aliphatic rings. The molecular weight excluding hydrogens is 317 g/mol. The summed E-state index contributed by atoms with van der Waals surface area (Å²) in [6, 6.07) is 8.37. The zero-order valence-corrected chi connectivity index (χ0v) is 14.1. The topological polar surface area (TPSA) is 69.6 Å². The van der Waals surface area contributed by atoms with E-state index in [-0.39, 0.29) is 11.2 Å². The van der Waals surface area contributed by atoms with Crippen molar-refractivity contribution < 1.29 is 4.39 Å². The molecule has 0 spiro atoms. The third kappa shape index (κ3) is 2.59. The Hall–Kier alpha value is -3.02. The molecule has 25 heavy (non-hydrogen) atoms. The molecule has 0 saturated carbocycles. The van der Waals surface area contributed by atoms with E-state index in [1.54, 1.807) is 29.1 Å². The molecule has 2 heterocycles. The number of nitrogens with zero attached hydrogens (tertiary/aromatic N) is 4. The van der Waals surface area contributed by atoms with Gasteiger partial charge in [-0.25, -0.2) is 14.4 Å². The number of anilines is 1. The third-order valence-corrected chi connectivity index (χ3v) is 4.46. The number of rotatable bonds is 3. The predicted octanol–water partition coefficient (Wildman–Crippen LogP) is 3.41. The predicted molar refractivity (Wildman–Crippen MR) is 95.2 cm³/mol. The molecule has 0 radical (unpaired) electrons. The van der Waals surface area contributed by atoms with E-state index >= 15 is 0 Å². The van der Waals surface area contributed by atoms with E-state index in [4.69, 9.17) is 10.8 Å². The monoisotopic (exact) mass is 335 g/mol. The van der Waals surface area contributed by atoms with Gasteiger partial charge >= 0.3 is 0 Å². The fourth-order valence-corrected chi connectivity index (χ4v) is 3.20. The van der Waals surface area contributed by atoms with Gasteiger partial charge in [0.1, 0.15) is 17.3 Å². The number of allylic oxidation sites excluding steroid dienone is 1. The molecule has 1 aliphatic carbocycles. The Labute approximate surface area is 145 Å². The van der Waals surface area contributed by atoms with Crippen LogP contribution in [0.1, 0.15) is 30.7 Å². The van der Waals surface area contributed by atoms with Crippen LogP contribution in [0.5, 0.6) is 0 Å². The lowest BCUT2D eigenvalue weighted by molar-refractivity contribution is 0.584. The SMILES string of the molecule is CC1(C)C=Cc2c1c(-c1nccc(N)n1)nn2Cc1ccccc1F. The van der Waals surface area contributed by atoms with Gasteiger partial charge in [-0.2, -0.15) is 5.10 Å². The molecule has 0 saturated heterocycles. The van der Waals surface area contributed by atoms with Gasteiger partial charge in [-0.1, -0.05) is 38.1 Å². The first-order valence-electron chi connectivity index (χ1n) is 8.08. The highest BCUT2D eigenvalue weighted by molar-refractivity contribution is 5.72. The van der Waals surface area contributed by atoms with Gasteiger partial charge in [-0.15, -0.1) is 0 Å². The molecule has 0 amide bonds. The molecule has 2 aromatic heterocycles. The van der Waals surface area contributed by atoms with Gasteiger partial charge < -0.3 is 5.73 Å². The molecule has 126 valence electrons. The maximum Gasteiger partial charge on any atom is 0.182 e. The average Bonchev–Trinajstić information content (AvgIpc) is 3.09. The van der Waals surface area contributed by atoms with Crippen molar-refractivity contribution in [2.45, 2.75) is 25.8 Å². The third-order valence-electron chi connectivity index (χ3n) is 4.46. The minimum atomic E-state index is -0.241. The maximum atomic E-state index is 14.1. The Bertz CT molecular complexity index is 987. The van der Waals surface area contributed by atoms with E-state index in [9.17, 15) is 4.39 Å². The lowest BCUT2D eigenvalue weighted by Crippen LogP contribution is -2.12. The summed E-state index contributed by atoms with van der Waals surface area (Å²) in [5.74, 6) is 0.640. The molecule has 4 rings (SSSR count). The number of nitrogens with two attached hydrogens (primary N) is 1. The molecular formula is C19H18FN5. The van der Waals surface area contributed by atoms with Gasteiger partial charge in [0.25, 0.3) is 0 Å². The molecule has 6 heteroatoms. The van der Waals surface area contributed by atoms with Crippen molar-refractivity contribution in [2.75, 3.05) is 5.73 Å². The van der Waals surface area contributed by atoms with E-state index in [0.29, 0.717) is 29.4 Å². The summed E-state index contributed by atoms with van der Waals surface area (Å²) in [5.41, 5.74) is 8.87. The van der Waals surface area contributed by atoms with Crippen molar-refractivity contribution in [2.24, 2.45) is 0 Å². The van der Waals surface area contributed by atoms with Gasteiger partial charge in [-0.3, -0.25) is 4.68 Å². The lowest BCUT2D eigenvalue weighted by Gasteiger charge is -2.16. The Balaban J connectivity index is 1.86. The zero-order chi connectivity index (χ0) is 17.6. The van der Waals surface area contributed by atoms with Gasteiger partial charge in [0.2, 0.25) is 0 Å². The normalized spacial score (nSPS) is 14.7. The number of benzene rings is 1. The zero-order valence-electron chi connectivity index (χ0n) is 14.1. The highest BCUT2D eigenvalue weighted by Crippen LogP contribution is 2.41. The Morgan fingerprint density at radius 2 is 2.00 bits per heavy atom. The molecule has 5 nitrogen and oxygen atoms in total. The molecule has 2 N–H and O–H groups in total. The van der Waals surface area contributed by atoms with Crippen LogP contribution in [0.25, 0.3) is 17.6 Å². The van der Waals surface area contributed by atoms with E-state index in [2.05, 4.69) is 29.9 Å². The summed E-state index contributed by atoms with van der Waals surface area (Å²) in [4.78, 5) is 8.64. The largest absolute Gasteiger partial charge is 0.384 e. The van der Waals surface area contributed by atoms with Crippen molar-refractivity contribution in [1.82, 2.24) is 19.7 Å². The fourth-order valence-electron chi connectivity index (χ4n) is 3.20. The fraction of sp³-hybridized carbons (Fsp3) is 0.211. The number of hydrogen-bond donors (Lipinski definition) is 1. The van der Waals surface area contributed by atoms with Gasteiger partial charge in [0.15, 0.2) is 5.82 Å². The van der Waals surface area contributed by atoms with Crippen molar-refractivity contribution in [1.29, 1.82) is 0 Å². The van der Waals surface area contributed by atoms with E-state index in [1.165, 1.54) is 6.07 Å². The number of fused-ring (bicyclic) bond motifs is 1. The Morgan fingerprint density at radius 3 is 2.76 bits per heavy atom. The molecule has 0 aliphatic heterocycles. The Morgan fingerprint density at radius 1 is 1.20 bits per heavy atom. The molecule has 0 unspecified atom stereocenters. The van der Waals surface area contributed by atoms with E-state index in [1.807, 2.05) is 12.1 Å². The Kier molecular flexibility index (Phi) is 3.42. The van der Waals surface area contributed by atoms with Crippen molar-refractivity contribution >= 4 is 11.9 Å². The van der Waals surface area contributed by atoms with Crippen LogP contribution in [0.3, 0.4) is 0 Å². The second-order valence-corrected chi connectivity index (χ2v) is 6.72. The molecule has 1 aromatic carbocycles. The summed E-state index contributed by atoms with van der Waals surface area (Å²) in [6.07, 6.45) is 5.77. The van der Waals surface area contributed by atoms with Crippen molar-refractivity contribution in [3.8, 4) is 11.5 Å². The van der Waals surface area contributed by atoms with Crippen LogP contribution in [0, 0.1) is 5.82 Å². The summed E-state index contributed by atoms with van der Waals surface area (Å²) in [6.45, 7) is 4.57. The molecule has 0 bridgehead atoms. The van der Waals surface area contributed by atoms with Gasteiger partial charge in [-0.05, 0) is 18.2 Å². The number of aromatic nitrogens is 4. The summed E-state index contributed by atoms with van der Waals surface area (Å²) < 4.78 is 15.9. The molecule has 0 fully saturated rings. The van der Waals surface area contributed by atoms with Crippen LogP contribution < -0.4 is 5.73 Å². The second-order valence-electron chi connectivity index (χ2n) is 6.72. The summed E-state index contributed by atoms with van der Waals surface area (Å²) >= 11 is 0. The minimum Gasteiger partial charge on any atom is -0.384 e. The van der Waals surface area contributed by atoms with E-state index < -0.39 is 0 Å². The van der Waals surface area contributed by atoms with Crippen LogP contribution >= 0.6 is 0 Å². The van der Waals surface area contributed by atoms with Crippen LogP contribution in [-0.4, -0.2) is 19.7 Å².